The number of rotatable bonds is 7. The van der Waals surface area contributed by atoms with E-state index in [-0.39, 0.29) is 0 Å². The van der Waals surface area contributed by atoms with E-state index in [0.29, 0.717) is 11.9 Å². The second-order valence-electron chi connectivity index (χ2n) is 8.25. The summed E-state index contributed by atoms with van der Waals surface area (Å²) in [6.07, 6.45) is 16.4. The van der Waals surface area contributed by atoms with E-state index in [2.05, 4.69) is 80.9 Å². The maximum atomic E-state index is 6.68. The predicted molar refractivity (Wildman–Crippen MR) is 133 cm³/mol. The second kappa shape index (κ2) is 10.7. The van der Waals surface area contributed by atoms with Crippen LogP contribution in [0.5, 0.6) is 0 Å². The summed E-state index contributed by atoms with van der Waals surface area (Å²) in [6, 6.07) is 0. The van der Waals surface area contributed by atoms with E-state index in [0.717, 1.165) is 65.7 Å². The van der Waals surface area contributed by atoms with Crippen LogP contribution in [0.2, 0.25) is 0 Å². The first-order valence-electron chi connectivity index (χ1n) is 11.0. The normalized spacial score (nSPS) is 17.4. The van der Waals surface area contributed by atoms with Gasteiger partial charge in [-0.2, -0.15) is 0 Å². The van der Waals surface area contributed by atoms with Gasteiger partial charge in [-0.15, -0.1) is 0 Å². The summed E-state index contributed by atoms with van der Waals surface area (Å²) >= 11 is 6.68. The van der Waals surface area contributed by atoms with Crippen molar-refractivity contribution in [2.75, 3.05) is 18.4 Å². The molecule has 1 aliphatic heterocycles. The number of aromatic nitrogens is 2. The van der Waals surface area contributed by atoms with Crippen LogP contribution in [-0.2, 0) is 13.0 Å². The van der Waals surface area contributed by atoms with Crippen LogP contribution in [0, 0.1) is 5.92 Å². The van der Waals surface area contributed by atoms with Gasteiger partial charge in [-0.3, -0.25) is 4.90 Å². The summed E-state index contributed by atoms with van der Waals surface area (Å²) in [5, 5.41) is 4.05. The minimum atomic E-state index is 0.299. The molecule has 5 heteroatoms. The highest BCUT2D eigenvalue weighted by Crippen LogP contribution is 2.34. The van der Waals surface area contributed by atoms with E-state index in [1.165, 1.54) is 5.57 Å². The molecule has 0 fully saturated rings. The fraction of sp³-hybridized carbons (Fsp3) is 0.385. The minimum absolute atomic E-state index is 0.299. The van der Waals surface area contributed by atoms with Crippen molar-refractivity contribution in [3.8, 4) is 0 Å². The summed E-state index contributed by atoms with van der Waals surface area (Å²) in [7, 11) is 0. The Morgan fingerprint density at radius 2 is 2.13 bits per heavy atom. The molecular weight excluding hydrogens is 404 g/mol. The van der Waals surface area contributed by atoms with Crippen molar-refractivity contribution in [3.05, 3.63) is 82.4 Å². The summed E-state index contributed by atoms with van der Waals surface area (Å²) < 4.78 is 0. The highest BCUT2D eigenvalue weighted by atomic mass is 35.5. The minimum Gasteiger partial charge on any atom is -0.328 e. The zero-order valence-electron chi connectivity index (χ0n) is 19.1. The monoisotopic (exact) mass is 436 g/mol. The lowest BCUT2D eigenvalue weighted by molar-refractivity contribution is 0.274. The molecule has 1 aliphatic carbocycles. The van der Waals surface area contributed by atoms with Crippen molar-refractivity contribution in [1.29, 1.82) is 0 Å². The van der Waals surface area contributed by atoms with Crippen LogP contribution in [0.1, 0.15) is 51.1 Å². The lowest BCUT2D eigenvalue weighted by Crippen LogP contribution is -2.33. The molecule has 0 atom stereocenters. The third-order valence-corrected chi connectivity index (χ3v) is 5.97. The van der Waals surface area contributed by atoms with Crippen molar-refractivity contribution in [2.24, 2.45) is 5.92 Å². The first-order chi connectivity index (χ1) is 14.9. The summed E-state index contributed by atoms with van der Waals surface area (Å²) in [6.45, 7) is 15.2. The number of allylic oxidation sites excluding steroid dienone is 9. The Morgan fingerprint density at radius 1 is 1.32 bits per heavy atom. The molecule has 0 aromatic carbocycles. The number of hydrogen-bond acceptors (Lipinski definition) is 4. The molecular formula is C26H33ClN4. The third kappa shape index (κ3) is 5.84. The lowest BCUT2D eigenvalue weighted by atomic mass is 9.98. The molecule has 1 N–H and O–H groups in total. The molecule has 3 rings (SSSR count). The van der Waals surface area contributed by atoms with E-state index in [1.54, 1.807) is 0 Å². The van der Waals surface area contributed by atoms with E-state index in [1.807, 2.05) is 6.08 Å². The first kappa shape index (κ1) is 23.2. The molecule has 0 radical (unpaired) electrons. The highest BCUT2D eigenvalue weighted by Gasteiger charge is 2.25. The van der Waals surface area contributed by atoms with Gasteiger partial charge in [0.2, 0.25) is 5.95 Å². The maximum absolute atomic E-state index is 6.68. The van der Waals surface area contributed by atoms with E-state index in [9.17, 15) is 0 Å². The SMILES string of the molecule is C=C(Nc1nc2c(c(C3=CC=CCC=C3Cl)n1)CN(CC(/C=C\C)=C/C)CC2)C(C)C. The predicted octanol–water partition coefficient (Wildman–Crippen LogP) is 6.40. The van der Waals surface area contributed by atoms with Crippen LogP contribution in [-0.4, -0.2) is 28.0 Å². The van der Waals surface area contributed by atoms with Crippen molar-refractivity contribution < 1.29 is 0 Å². The van der Waals surface area contributed by atoms with Gasteiger partial charge in [-0.25, -0.2) is 9.97 Å². The molecule has 31 heavy (non-hydrogen) atoms. The van der Waals surface area contributed by atoms with Gasteiger partial charge in [0.15, 0.2) is 0 Å². The molecule has 0 bridgehead atoms. The van der Waals surface area contributed by atoms with E-state index in [4.69, 9.17) is 21.6 Å². The summed E-state index contributed by atoms with van der Waals surface area (Å²) in [5.74, 6) is 0.899. The molecule has 0 saturated carbocycles. The van der Waals surface area contributed by atoms with Gasteiger partial charge in [-0.1, -0.05) is 74.6 Å². The Balaban J connectivity index is 2.02. The average molecular weight is 437 g/mol. The zero-order chi connectivity index (χ0) is 22.4. The number of nitrogens with one attached hydrogen (secondary N) is 1. The van der Waals surface area contributed by atoms with Crippen molar-refractivity contribution >= 4 is 23.1 Å². The average Bonchev–Trinajstić information content (AvgIpc) is 2.97. The van der Waals surface area contributed by atoms with Gasteiger partial charge in [-0.05, 0) is 31.8 Å². The number of fused-ring (bicyclic) bond motifs is 1. The van der Waals surface area contributed by atoms with Gasteiger partial charge in [0.1, 0.15) is 0 Å². The fourth-order valence-corrected chi connectivity index (χ4v) is 3.92. The standard InChI is InChI=1S/C26H33ClN4/c1-6-11-20(7-2)16-31-15-14-24-22(17-31)25(21-12-9-8-10-13-23(21)27)30-26(29-24)28-19(5)18(3)4/h6-9,11-13,18H,5,10,14-17H2,1-4H3,(H,28,29,30)/b11-6-,20-7+. The Morgan fingerprint density at radius 3 is 2.84 bits per heavy atom. The van der Waals surface area contributed by atoms with Crippen LogP contribution < -0.4 is 5.32 Å². The number of halogens is 1. The summed E-state index contributed by atoms with van der Waals surface area (Å²) in [5.41, 5.74) is 6.34. The van der Waals surface area contributed by atoms with Crippen LogP contribution in [0.3, 0.4) is 0 Å². The molecule has 2 aliphatic rings. The third-order valence-electron chi connectivity index (χ3n) is 5.61. The second-order valence-corrected chi connectivity index (χ2v) is 8.65. The largest absolute Gasteiger partial charge is 0.328 e. The van der Waals surface area contributed by atoms with E-state index >= 15 is 0 Å². The molecule has 1 aromatic rings. The van der Waals surface area contributed by atoms with Crippen molar-refractivity contribution in [3.63, 3.8) is 0 Å². The molecule has 0 unspecified atom stereocenters. The molecule has 164 valence electrons. The van der Waals surface area contributed by atoms with Gasteiger partial charge >= 0.3 is 0 Å². The number of anilines is 1. The van der Waals surface area contributed by atoms with Crippen LogP contribution in [0.25, 0.3) is 5.57 Å². The van der Waals surface area contributed by atoms with Crippen LogP contribution in [0.15, 0.2) is 65.4 Å². The summed E-state index contributed by atoms with van der Waals surface area (Å²) in [4.78, 5) is 12.2. The smallest absolute Gasteiger partial charge is 0.227 e. The maximum Gasteiger partial charge on any atom is 0.227 e. The van der Waals surface area contributed by atoms with Crippen molar-refractivity contribution in [1.82, 2.24) is 14.9 Å². The van der Waals surface area contributed by atoms with E-state index < -0.39 is 0 Å². The quantitative estimate of drug-likeness (QED) is 0.501. The highest BCUT2D eigenvalue weighted by molar-refractivity contribution is 6.37. The first-order valence-corrected chi connectivity index (χ1v) is 11.4. The van der Waals surface area contributed by atoms with Gasteiger partial charge in [0.05, 0.1) is 11.4 Å². The molecule has 0 spiro atoms. The molecule has 4 nitrogen and oxygen atoms in total. The van der Waals surface area contributed by atoms with Crippen LogP contribution >= 0.6 is 11.6 Å². The molecule has 0 saturated heterocycles. The topological polar surface area (TPSA) is 41.1 Å². The number of hydrogen-bond donors (Lipinski definition) is 1. The Hall–Kier alpha value is -2.43. The Bertz CT molecular complexity index is 979. The molecule has 1 aromatic heterocycles. The fourth-order valence-electron chi connectivity index (χ4n) is 3.68. The van der Waals surface area contributed by atoms with Crippen LogP contribution in [0.4, 0.5) is 5.95 Å². The van der Waals surface area contributed by atoms with Crippen molar-refractivity contribution in [2.45, 2.75) is 47.1 Å². The molecule has 2 heterocycles. The zero-order valence-corrected chi connectivity index (χ0v) is 19.8. The van der Waals surface area contributed by atoms with Gasteiger partial charge in [0.25, 0.3) is 0 Å². The van der Waals surface area contributed by atoms with Gasteiger partial charge in [0, 0.05) is 47.9 Å². The number of nitrogens with zero attached hydrogens (tertiary/aromatic N) is 3. The van der Waals surface area contributed by atoms with Gasteiger partial charge < -0.3 is 5.32 Å². The lowest BCUT2D eigenvalue weighted by Gasteiger charge is -2.30. The Labute approximate surface area is 191 Å². The Kier molecular flexibility index (Phi) is 8.05. The molecule has 0 amide bonds.